The van der Waals surface area contributed by atoms with Crippen LogP contribution in [0, 0.1) is 5.92 Å². The molecule has 7 nitrogen and oxygen atoms in total. The molecule has 0 radical (unpaired) electrons. The second-order valence-corrected chi connectivity index (χ2v) is 11.1. The minimum absolute atomic E-state index is 0.0967. The van der Waals surface area contributed by atoms with E-state index in [9.17, 15) is 13.2 Å². The zero-order valence-electron chi connectivity index (χ0n) is 20.7. The molecular formula is C26H37N3O4S. The van der Waals surface area contributed by atoms with Crippen LogP contribution in [0.4, 0.5) is 11.4 Å². The van der Waals surface area contributed by atoms with Crippen molar-refractivity contribution < 1.29 is 17.9 Å². The van der Waals surface area contributed by atoms with Crippen molar-refractivity contribution in [3.8, 4) is 5.75 Å². The number of hydrogen-bond donors (Lipinski definition) is 1. The number of hydrogen-bond acceptors (Lipinski definition) is 5. The summed E-state index contributed by atoms with van der Waals surface area (Å²) < 4.78 is 31.1. The molecular weight excluding hydrogens is 450 g/mol. The van der Waals surface area contributed by atoms with Gasteiger partial charge < -0.3 is 15.0 Å². The Morgan fingerprint density at radius 1 is 1.24 bits per heavy atom. The molecule has 2 aromatic rings. The summed E-state index contributed by atoms with van der Waals surface area (Å²) in [6, 6.07) is 15.2. The smallest absolute Gasteiger partial charge is 0.232 e. The molecule has 186 valence electrons. The summed E-state index contributed by atoms with van der Waals surface area (Å²) in [4.78, 5) is 15.0. The molecule has 2 atom stereocenters. The molecule has 8 heteroatoms. The van der Waals surface area contributed by atoms with Crippen LogP contribution in [0.1, 0.15) is 51.1 Å². The molecule has 0 aliphatic carbocycles. The van der Waals surface area contributed by atoms with Crippen molar-refractivity contribution in [3.63, 3.8) is 0 Å². The Kier molecular flexibility index (Phi) is 8.83. The third kappa shape index (κ3) is 7.13. The Morgan fingerprint density at radius 3 is 2.62 bits per heavy atom. The first-order valence-electron chi connectivity index (χ1n) is 11.9. The zero-order chi connectivity index (χ0) is 24.7. The number of rotatable bonds is 10. The summed E-state index contributed by atoms with van der Waals surface area (Å²) >= 11 is 0. The number of nitrogens with zero attached hydrogens (tertiary/aromatic N) is 2. The van der Waals surface area contributed by atoms with Crippen LogP contribution in [-0.4, -0.2) is 47.3 Å². The van der Waals surface area contributed by atoms with E-state index in [1.807, 2.05) is 6.92 Å². The van der Waals surface area contributed by atoms with Crippen molar-refractivity contribution in [2.24, 2.45) is 5.92 Å². The maximum absolute atomic E-state index is 12.5. The quantitative estimate of drug-likeness (QED) is 0.539. The third-order valence-corrected chi connectivity index (χ3v) is 7.49. The first-order valence-corrected chi connectivity index (χ1v) is 13.8. The monoisotopic (exact) mass is 487 g/mol. The topological polar surface area (TPSA) is 79.0 Å². The summed E-state index contributed by atoms with van der Waals surface area (Å²) in [5, 5.41) is 3.03. The van der Waals surface area contributed by atoms with Gasteiger partial charge in [-0.15, -0.1) is 0 Å². The molecule has 0 aromatic heterocycles. The van der Waals surface area contributed by atoms with E-state index in [4.69, 9.17) is 4.74 Å². The Morgan fingerprint density at radius 2 is 1.97 bits per heavy atom. The molecule has 1 amide bonds. The highest BCUT2D eigenvalue weighted by atomic mass is 32.2. The lowest BCUT2D eigenvalue weighted by molar-refractivity contribution is -0.121. The van der Waals surface area contributed by atoms with Gasteiger partial charge in [0.2, 0.25) is 15.9 Å². The summed E-state index contributed by atoms with van der Waals surface area (Å²) in [5.41, 5.74) is 2.81. The van der Waals surface area contributed by atoms with Gasteiger partial charge in [0, 0.05) is 37.8 Å². The minimum Gasteiger partial charge on any atom is -0.497 e. The number of carbonyl (C=O) groups is 1. The van der Waals surface area contributed by atoms with Crippen molar-refractivity contribution in [1.29, 1.82) is 0 Å². The van der Waals surface area contributed by atoms with Crippen molar-refractivity contribution in [2.75, 3.05) is 42.2 Å². The molecule has 0 saturated carbocycles. The molecule has 1 aliphatic heterocycles. The fourth-order valence-electron chi connectivity index (χ4n) is 4.43. The maximum atomic E-state index is 12.5. The molecule has 0 unspecified atom stereocenters. The van der Waals surface area contributed by atoms with Crippen molar-refractivity contribution >= 4 is 27.3 Å². The predicted molar refractivity (Wildman–Crippen MR) is 138 cm³/mol. The van der Waals surface area contributed by atoms with Crippen LogP contribution in [0.3, 0.4) is 0 Å². The van der Waals surface area contributed by atoms with E-state index in [-0.39, 0.29) is 24.9 Å². The second kappa shape index (κ2) is 11.6. The summed E-state index contributed by atoms with van der Waals surface area (Å²) in [6.07, 6.45) is 4.34. The van der Waals surface area contributed by atoms with Crippen LogP contribution in [0.25, 0.3) is 0 Å². The number of sulfonamides is 1. The van der Waals surface area contributed by atoms with E-state index >= 15 is 0 Å². The maximum Gasteiger partial charge on any atom is 0.232 e. The highest BCUT2D eigenvalue weighted by Gasteiger charge is 2.19. The molecule has 1 saturated heterocycles. The fraction of sp³-hybridized carbons (Fsp3) is 0.500. The Balaban J connectivity index is 1.52. The molecule has 1 aliphatic rings. The lowest BCUT2D eigenvalue weighted by Gasteiger charge is -2.33. The van der Waals surface area contributed by atoms with Gasteiger partial charge in [-0.1, -0.05) is 25.1 Å². The number of benzene rings is 2. The molecule has 1 fully saturated rings. The predicted octanol–water partition coefficient (Wildman–Crippen LogP) is 4.36. The number of amides is 1. The van der Waals surface area contributed by atoms with Crippen LogP contribution >= 0.6 is 0 Å². The van der Waals surface area contributed by atoms with Crippen LogP contribution < -0.4 is 19.3 Å². The van der Waals surface area contributed by atoms with E-state index in [0.29, 0.717) is 23.8 Å². The van der Waals surface area contributed by atoms with Gasteiger partial charge in [-0.25, -0.2) is 8.42 Å². The van der Waals surface area contributed by atoms with Gasteiger partial charge in [-0.05, 0) is 61.9 Å². The summed E-state index contributed by atoms with van der Waals surface area (Å²) in [6.45, 7) is 6.66. The van der Waals surface area contributed by atoms with Gasteiger partial charge >= 0.3 is 0 Å². The van der Waals surface area contributed by atoms with E-state index in [1.54, 1.807) is 24.3 Å². The van der Waals surface area contributed by atoms with Gasteiger partial charge in [0.05, 0.1) is 25.1 Å². The van der Waals surface area contributed by atoms with Gasteiger partial charge in [-0.3, -0.25) is 9.10 Å². The van der Waals surface area contributed by atoms with E-state index < -0.39 is 10.0 Å². The average Bonchev–Trinajstić information content (AvgIpc) is 2.81. The van der Waals surface area contributed by atoms with Crippen LogP contribution in [0.5, 0.6) is 5.75 Å². The molecule has 0 spiro atoms. The van der Waals surface area contributed by atoms with Crippen LogP contribution in [-0.2, 0) is 14.8 Å². The largest absolute Gasteiger partial charge is 0.497 e. The van der Waals surface area contributed by atoms with Crippen LogP contribution in [0.2, 0.25) is 0 Å². The first kappa shape index (κ1) is 25.9. The lowest BCUT2D eigenvalue weighted by Crippen LogP contribution is -2.34. The highest BCUT2D eigenvalue weighted by Crippen LogP contribution is 2.25. The fourth-order valence-corrected chi connectivity index (χ4v) is 5.39. The number of piperidine rings is 1. The molecule has 34 heavy (non-hydrogen) atoms. The van der Waals surface area contributed by atoms with Crippen molar-refractivity contribution in [1.82, 2.24) is 5.32 Å². The van der Waals surface area contributed by atoms with Crippen molar-refractivity contribution in [3.05, 3.63) is 54.1 Å². The number of nitrogens with one attached hydrogen (secondary N) is 1. The normalized spacial score (nSPS) is 17.2. The van der Waals surface area contributed by atoms with Crippen molar-refractivity contribution in [2.45, 2.75) is 45.6 Å². The van der Waals surface area contributed by atoms with E-state index in [1.165, 1.54) is 36.2 Å². The van der Waals surface area contributed by atoms with Gasteiger partial charge in [0.15, 0.2) is 0 Å². The molecule has 2 aromatic carbocycles. The second-order valence-electron chi connectivity index (χ2n) is 9.21. The highest BCUT2D eigenvalue weighted by molar-refractivity contribution is 7.92. The molecule has 1 N–H and O–H groups in total. The number of carbonyl (C=O) groups excluding carboxylic acids is 1. The first-order chi connectivity index (χ1) is 16.2. The SMILES string of the molecule is COc1cccc(N(CCCC(=O)N[C@H](C)c2ccc(N3CCC[C@H](C)C3)cc2)S(C)(=O)=O)c1. The average molecular weight is 488 g/mol. The van der Waals surface area contributed by atoms with Crippen LogP contribution in [0.15, 0.2) is 48.5 Å². The number of anilines is 2. The Hall–Kier alpha value is -2.74. The molecule has 0 bridgehead atoms. The number of methoxy groups -OCH3 is 1. The Bertz CT molecular complexity index is 1060. The zero-order valence-corrected chi connectivity index (χ0v) is 21.5. The lowest BCUT2D eigenvalue weighted by atomic mass is 9.99. The van der Waals surface area contributed by atoms with Gasteiger partial charge in [0.25, 0.3) is 0 Å². The van der Waals surface area contributed by atoms with E-state index in [2.05, 4.69) is 41.4 Å². The van der Waals surface area contributed by atoms with Gasteiger partial charge in [-0.2, -0.15) is 0 Å². The third-order valence-electron chi connectivity index (χ3n) is 6.30. The standard InChI is InChI=1S/C26H37N3O4S/c1-20-8-6-16-28(19-20)23-14-12-22(13-15-23)21(2)27-26(30)11-7-17-29(34(4,31)32)24-9-5-10-25(18-24)33-3/h5,9-10,12-15,18,20-21H,6-8,11,16-17,19H2,1-4H3,(H,27,30)/t20-,21+/m0/s1. The van der Waals surface area contributed by atoms with E-state index in [0.717, 1.165) is 18.7 Å². The number of ether oxygens (including phenoxy) is 1. The minimum atomic E-state index is -3.48. The van der Waals surface area contributed by atoms with Gasteiger partial charge in [0.1, 0.15) is 5.75 Å². The summed E-state index contributed by atoms with van der Waals surface area (Å²) in [7, 11) is -1.94. The molecule has 1 heterocycles. The molecule has 3 rings (SSSR count). The Labute approximate surface area is 204 Å². The summed E-state index contributed by atoms with van der Waals surface area (Å²) in [5.74, 6) is 1.20.